The number of benzene rings is 1. The van der Waals surface area contributed by atoms with Crippen molar-refractivity contribution in [3.05, 3.63) is 36.0 Å². The highest BCUT2D eigenvalue weighted by Gasteiger charge is 2.26. The summed E-state index contributed by atoms with van der Waals surface area (Å²) in [5.41, 5.74) is 8.55. The van der Waals surface area contributed by atoms with Crippen LogP contribution in [0.25, 0.3) is 10.9 Å². The van der Waals surface area contributed by atoms with E-state index in [1.54, 1.807) is 11.5 Å². The Labute approximate surface area is 113 Å². The Morgan fingerprint density at radius 2 is 2.00 bits per heavy atom. The van der Waals surface area contributed by atoms with E-state index in [9.17, 15) is 4.79 Å². The molecule has 3 heteroatoms. The van der Waals surface area contributed by atoms with Gasteiger partial charge in [0, 0.05) is 24.5 Å². The van der Waals surface area contributed by atoms with E-state index in [0.717, 1.165) is 16.5 Å². The molecule has 1 heterocycles. The predicted molar refractivity (Wildman–Crippen MR) is 77.1 cm³/mol. The van der Waals surface area contributed by atoms with Gasteiger partial charge >= 0.3 is 0 Å². The first kappa shape index (κ1) is 12.4. The summed E-state index contributed by atoms with van der Waals surface area (Å²) in [6.45, 7) is 1.59. The van der Waals surface area contributed by atoms with E-state index in [-0.39, 0.29) is 11.9 Å². The van der Waals surface area contributed by atoms with Crippen LogP contribution in [0.15, 0.2) is 30.5 Å². The molecule has 0 spiro atoms. The van der Waals surface area contributed by atoms with Crippen LogP contribution in [-0.4, -0.2) is 10.5 Å². The molecule has 0 radical (unpaired) electrons. The fourth-order valence-electron chi connectivity index (χ4n) is 3.30. The van der Waals surface area contributed by atoms with Gasteiger partial charge in [-0.25, -0.2) is 0 Å². The lowest BCUT2D eigenvalue weighted by Gasteiger charge is -2.18. The Kier molecular flexibility index (Phi) is 3.15. The highest BCUT2D eigenvalue weighted by atomic mass is 16.1. The zero-order valence-corrected chi connectivity index (χ0v) is 11.3. The van der Waals surface area contributed by atoms with Crippen LogP contribution in [0.4, 0.5) is 0 Å². The number of nitrogens with two attached hydrogens (primary N) is 1. The van der Waals surface area contributed by atoms with Gasteiger partial charge in [-0.15, -0.1) is 0 Å². The number of carbonyl (C=O) groups excluding carboxylic acids is 1. The van der Waals surface area contributed by atoms with Crippen LogP contribution in [0.1, 0.15) is 49.0 Å². The molecule has 1 aromatic carbocycles. The Hall–Kier alpha value is -1.61. The second-order valence-electron chi connectivity index (χ2n) is 5.56. The summed E-state index contributed by atoms with van der Waals surface area (Å²) < 4.78 is 1.72. The van der Waals surface area contributed by atoms with E-state index in [1.165, 1.54) is 25.7 Å². The van der Waals surface area contributed by atoms with E-state index in [0.29, 0.717) is 5.92 Å². The Morgan fingerprint density at radius 1 is 1.32 bits per heavy atom. The molecule has 0 saturated heterocycles. The molecule has 1 aliphatic rings. The van der Waals surface area contributed by atoms with Gasteiger partial charge in [-0.3, -0.25) is 9.36 Å². The van der Waals surface area contributed by atoms with E-state index in [2.05, 4.69) is 6.07 Å². The molecule has 19 heavy (non-hydrogen) atoms. The van der Waals surface area contributed by atoms with E-state index >= 15 is 0 Å². The van der Waals surface area contributed by atoms with Crippen molar-refractivity contribution in [1.29, 1.82) is 0 Å². The number of nitrogens with zero attached hydrogens (tertiary/aromatic N) is 1. The molecule has 1 aliphatic carbocycles. The van der Waals surface area contributed by atoms with E-state index in [1.807, 2.05) is 24.4 Å². The summed E-state index contributed by atoms with van der Waals surface area (Å²) in [6.07, 6.45) is 6.92. The first-order chi connectivity index (χ1) is 9.18. The minimum Gasteiger partial charge on any atom is -0.324 e. The molecule has 3 rings (SSSR count). The number of fused-ring (bicyclic) bond motifs is 1. The lowest BCUT2D eigenvalue weighted by atomic mass is 9.92. The van der Waals surface area contributed by atoms with Crippen molar-refractivity contribution in [2.24, 2.45) is 11.7 Å². The fraction of sp³-hybridized carbons (Fsp3) is 0.438. The van der Waals surface area contributed by atoms with Crippen LogP contribution in [0.3, 0.4) is 0 Å². The fourth-order valence-corrected chi connectivity index (χ4v) is 3.30. The quantitative estimate of drug-likeness (QED) is 0.894. The molecule has 0 unspecified atom stereocenters. The normalized spacial score (nSPS) is 18.0. The molecular formula is C16H20N2O. The maximum absolute atomic E-state index is 11.7. The van der Waals surface area contributed by atoms with Crippen LogP contribution in [-0.2, 0) is 0 Å². The van der Waals surface area contributed by atoms with Gasteiger partial charge in [0.2, 0.25) is 5.91 Å². The van der Waals surface area contributed by atoms with Crippen LogP contribution in [0, 0.1) is 5.92 Å². The van der Waals surface area contributed by atoms with Crippen molar-refractivity contribution in [3.8, 4) is 0 Å². The molecule has 1 aromatic heterocycles. The first-order valence-electron chi connectivity index (χ1n) is 7.05. The summed E-state index contributed by atoms with van der Waals surface area (Å²) in [4.78, 5) is 11.7. The van der Waals surface area contributed by atoms with Crippen LogP contribution in [0.2, 0.25) is 0 Å². The third kappa shape index (κ3) is 2.08. The topological polar surface area (TPSA) is 48.0 Å². The minimum absolute atomic E-state index is 0.0427. The van der Waals surface area contributed by atoms with Crippen molar-refractivity contribution >= 4 is 16.8 Å². The third-order valence-corrected chi connectivity index (χ3v) is 4.35. The number of para-hydroxylation sites is 1. The Morgan fingerprint density at radius 3 is 2.68 bits per heavy atom. The number of hydrogen-bond acceptors (Lipinski definition) is 2. The Bertz CT molecular complexity index is 608. The number of hydrogen-bond donors (Lipinski definition) is 1. The van der Waals surface area contributed by atoms with Gasteiger partial charge in [0.1, 0.15) is 0 Å². The number of rotatable bonds is 2. The molecule has 3 nitrogen and oxygen atoms in total. The Balaban J connectivity index is 2.10. The smallest absolute Gasteiger partial charge is 0.227 e. The summed E-state index contributed by atoms with van der Waals surface area (Å²) in [5, 5.41) is 1.12. The third-order valence-electron chi connectivity index (χ3n) is 4.35. The van der Waals surface area contributed by atoms with Crippen LogP contribution >= 0.6 is 0 Å². The zero-order valence-electron chi connectivity index (χ0n) is 11.3. The van der Waals surface area contributed by atoms with Crippen molar-refractivity contribution in [2.45, 2.75) is 38.6 Å². The summed E-state index contributed by atoms with van der Waals surface area (Å²) >= 11 is 0. The summed E-state index contributed by atoms with van der Waals surface area (Å²) in [6, 6.07) is 8.08. The molecule has 0 aliphatic heterocycles. The SMILES string of the molecule is CC(=O)n1cc([C@H](N)C2CCCC2)c2ccccc21. The second kappa shape index (κ2) is 4.82. The van der Waals surface area contributed by atoms with Gasteiger partial charge in [0.05, 0.1) is 5.52 Å². The molecule has 2 N–H and O–H groups in total. The molecule has 1 atom stereocenters. The molecule has 0 amide bonds. The second-order valence-corrected chi connectivity index (χ2v) is 5.56. The molecule has 1 saturated carbocycles. The van der Waals surface area contributed by atoms with Gasteiger partial charge in [-0.2, -0.15) is 0 Å². The highest BCUT2D eigenvalue weighted by molar-refractivity contribution is 5.93. The van der Waals surface area contributed by atoms with Crippen molar-refractivity contribution < 1.29 is 4.79 Å². The van der Waals surface area contributed by atoms with Crippen molar-refractivity contribution in [3.63, 3.8) is 0 Å². The maximum Gasteiger partial charge on any atom is 0.227 e. The van der Waals surface area contributed by atoms with E-state index in [4.69, 9.17) is 5.73 Å². The van der Waals surface area contributed by atoms with Gasteiger partial charge in [-0.1, -0.05) is 31.0 Å². The molecule has 1 fully saturated rings. The minimum atomic E-state index is 0.0427. The summed E-state index contributed by atoms with van der Waals surface area (Å²) in [7, 11) is 0. The molecule has 2 aromatic rings. The van der Waals surface area contributed by atoms with Crippen molar-refractivity contribution in [1.82, 2.24) is 4.57 Å². The predicted octanol–water partition coefficient (Wildman–Crippen LogP) is 3.49. The van der Waals surface area contributed by atoms with Gasteiger partial charge in [0.15, 0.2) is 0 Å². The van der Waals surface area contributed by atoms with Crippen molar-refractivity contribution in [2.75, 3.05) is 0 Å². The van der Waals surface area contributed by atoms with E-state index < -0.39 is 0 Å². The standard InChI is InChI=1S/C16H20N2O/c1-11(19)18-10-14(13-8-4-5-9-15(13)18)16(17)12-6-2-3-7-12/h4-5,8-10,12,16H,2-3,6-7,17H2,1H3/t16-/m1/s1. The monoisotopic (exact) mass is 256 g/mol. The van der Waals surface area contributed by atoms with Gasteiger partial charge < -0.3 is 5.73 Å². The van der Waals surface area contributed by atoms with Crippen LogP contribution < -0.4 is 5.73 Å². The lowest BCUT2D eigenvalue weighted by Crippen LogP contribution is -2.18. The molecule has 0 bridgehead atoms. The average molecular weight is 256 g/mol. The maximum atomic E-state index is 11.7. The zero-order chi connectivity index (χ0) is 13.4. The largest absolute Gasteiger partial charge is 0.324 e. The first-order valence-corrected chi connectivity index (χ1v) is 7.05. The molecule has 100 valence electrons. The average Bonchev–Trinajstić information content (AvgIpc) is 3.05. The summed E-state index contributed by atoms with van der Waals surface area (Å²) in [5.74, 6) is 0.604. The number of carbonyl (C=O) groups is 1. The molecular weight excluding hydrogens is 236 g/mol. The highest BCUT2D eigenvalue weighted by Crippen LogP contribution is 2.37. The number of aromatic nitrogens is 1. The van der Waals surface area contributed by atoms with Gasteiger partial charge in [0.25, 0.3) is 0 Å². The van der Waals surface area contributed by atoms with Gasteiger partial charge in [-0.05, 0) is 30.4 Å². The van der Waals surface area contributed by atoms with Crippen LogP contribution in [0.5, 0.6) is 0 Å². The lowest BCUT2D eigenvalue weighted by molar-refractivity contribution is 0.0941.